The fourth-order valence-corrected chi connectivity index (χ4v) is 7.00. The van der Waals surface area contributed by atoms with Gasteiger partial charge in [-0.2, -0.15) is 0 Å². The molecule has 0 amide bonds. The highest BCUT2D eigenvalue weighted by Crippen LogP contribution is 2.61. The molecule has 0 radical (unpaired) electrons. The van der Waals surface area contributed by atoms with E-state index in [2.05, 4.69) is 0 Å². The molecule has 7 rings (SSSR count). The molecule has 1 saturated heterocycles. The van der Waals surface area contributed by atoms with E-state index in [0.717, 1.165) is 11.3 Å². The van der Waals surface area contributed by atoms with Crippen molar-refractivity contribution in [3.63, 3.8) is 0 Å². The summed E-state index contributed by atoms with van der Waals surface area (Å²) in [6.07, 6.45) is 3.76. The van der Waals surface area contributed by atoms with Crippen molar-refractivity contribution in [2.24, 2.45) is 5.41 Å². The zero-order valence-electron chi connectivity index (χ0n) is 21.4. The van der Waals surface area contributed by atoms with Gasteiger partial charge in [0.05, 0.1) is 11.0 Å². The van der Waals surface area contributed by atoms with Crippen LogP contribution in [0.4, 0.5) is 11.4 Å². The number of nitro groups is 1. The summed E-state index contributed by atoms with van der Waals surface area (Å²) < 4.78 is 0. The predicted octanol–water partition coefficient (Wildman–Crippen LogP) is 6.56. The lowest BCUT2D eigenvalue weighted by Crippen LogP contribution is -2.48. The normalized spacial score (nSPS) is 21.5. The first-order valence-electron chi connectivity index (χ1n) is 13.1. The average molecular weight is 561 g/mol. The van der Waals surface area contributed by atoms with Crippen molar-refractivity contribution in [3.05, 3.63) is 146 Å². The molecule has 0 N–H and O–H groups in total. The van der Waals surface area contributed by atoms with Crippen LogP contribution in [0.3, 0.4) is 0 Å². The Bertz CT molecular complexity index is 1780. The minimum absolute atomic E-state index is 0.139. The summed E-state index contributed by atoms with van der Waals surface area (Å²) in [6.45, 7) is 0. The second-order valence-electron chi connectivity index (χ2n) is 10.5. The van der Waals surface area contributed by atoms with E-state index in [-0.39, 0.29) is 28.6 Å². The number of carbonyl (C=O) groups is 3. The Hall–Kier alpha value is -4.88. The zero-order chi connectivity index (χ0) is 28.5. The summed E-state index contributed by atoms with van der Waals surface area (Å²) in [5, 5.41) is 11.8. The molecule has 3 aliphatic rings. The van der Waals surface area contributed by atoms with Gasteiger partial charge >= 0.3 is 0 Å². The number of nitrogens with zero attached hydrogens (tertiary/aromatic N) is 2. The fourth-order valence-electron chi connectivity index (χ4n) is 6.88. The fraction of sp³-hybridized carbons (Fsp3) is 0.121. The molecular weight excluding hydrogens is 540 g/mol. The number of hydrogen-bond donors (Lipinski definition) is 0. The van der Waals surface area contributed by atoms with Crippen molar-refractivity contribution in [3.8, 4) is 0 Å². The van der Waals surface area contributed by atoms with E-state index in [1.54, 1.807) is 48.5 Å². The van der Waals surface area contributed by atoms with Gasteiger partial charge in [-0.15, -0.1) is 0 Å². The lowest BCUT2D eigenvalue weighted by atomic mass is 9.64. The van der Waals surface area contributed by atoms with Crippen molar-refractivity contribution < 1.29 is 19.3 Å². The topological polar surface area (TPSA) is 97.6 Å². The lowest BCUT2D eigenvalue weighted by molar-refractivity contribution is -0.384. The molecule has 0 saturated carbocycles. The molecule has 41 heavy (non-hydrogen) atoms. The van der Waals surface area contributed by atoms with E-state index in [9.17, 15) is 24.5 Å². The Kier molecular flexibility index (Phi) is 5.56. The number of anilines is 1. The summed E-state index contributed by atoms with van der Waals surface area (Å²) in [7, 11) is 0. The molecule has 1 fully saturated rings. The number of ketones is 3. The van der Waals surface area contributed by atoms with Crippen molar-refractivity contribution in [2.75, 3.05) is 4.90 Å². The number of halogens is 1. The lowest BCUT2D eigenvalue weighted by Gasteiger charge is -2.37. The maximum atomic E-state index is 14.6. The average Bonchev–Trinajstić information content (AvgIpc) is 3.43. The van der Waals surface area contributed by atoms with Gasteiger partial charge in [0.1, 0.15) is 11.5 Å². The maximum absolute atomic E-state index is 14.6. The van der Waals surface area contributed by atoms with Crippen molar-refractivity contribution >= 4 is 46.4 Å². The van der Waals surface area contributed by atoms with E-state index in [1.807, 2.05) is 41.3 Å². The molecule has 0 bridgehead atoms. The van der Waals surface area contributed by atoms with Crippen LogP contribution >= 0.6 is 11.6 Å². The van der Waals surface area contributed by atoms with Crippen LogP contribution in [0.15, 0.2) is 103 Å². The van der Waals surface area contributed by atoms with Crippen molar-refractivity contribution in [1.82, 2.24) is 0 Å². The Morgan fingerprint density at radius 3 is 2.07 bits per heavy atom. The van der Waals surface area contributed by atoms with E-state index >= 15 is 0 Å². The first-order chi connectivity index (χ1) is 19.8. The molecular formula is C33H21ClN2O5. The van der Waals surface area contributed by atoms with Crippen LogP contribution in [0.25, 0.3) is 6.08 Å². The van der Waals surface area contributed by atoms with Gasteiger partial charge < -0.3 is 4.90 Å². The third kappa shape index (κ3) is 3.42. The Morgan fingerprint density at radius 2 is 1.44 bits per heavy atom. The van der Waals surface area contributed by atoms with Crippen LogP contribution in [0, 0.1) is 15.5 Å². The number of rotatable bonds is 4. The summed E-state index contributed by atoms with van der Waals surface area (Å²) >= 11 is 6.25. The second-order valence-corrected chi connectivity index (χ2v) is 10.9. The van der Waals surface area contributed by atoms with Crippen LogP contribution in [-0.4, -0.2) is 34.4 Å². The van der Waals surface area contributed by atoms with Gasteiger partial charge in [-0.05, 0) is 41.5 Å². The van der Waals surface area contributed by atoms with Gasteiger partial charge in [0.15, 0.2) is 17.3 Å². The number of para-hydroxylation sites is 1. The summed E-state index contributed by atoms with van der Waals surface area (Å²) in [5.74, 6) is -1.87. The molecule has 8 heteroatoms. The molecule has 1 spiro atoms. The first-order valence-corrected chi connectivity index (χ1v) is 13.5. The summed E-state index contributed by atoms with van der Waals surface area (Å²) in [4.78, 5) is 56.4. The minimum Gasteiger partial charge on any atom is -0.352 e. The molecule has 0 unspecified atom stereocenters. The van der Waals surface area contributed by atoms with Gasteiger partial charge in [-0.25, -0.2) is 0 Å². The maximum Gasteiger partial charge on any atom is 0.269 e. The molecule has 7 nitrogen and oxygen atoms in total. The number of benzene rings is 4. The zero-order valence-corrected chi connectivity index (χ0v) is 22.2. The molecule has 3 atom stereocenters. The number of fused-ring (bicyclic) bond motifs is 5. The van der Waals surface area contributed by atoms with Gasteiger partial charge in [-0.3, -0.25) is 24.5 Å². The van der Waals surface area contributed by atoms with Gasteiger partial charge in [0, 0.05) is 45.5 Å². The molecule has 4 aromatic rings. The van der Waals surface area contributed by atoms with Crippen LogP contribution < -0.4 is 4.90 Å². The van der Waals surface area contributed by atoms with E-state index in [0.29, 0.717) is 21.7 Å². The highest BCUT2D eigenvalue weighted by molar-refractivity contribution is 6.32. The minimum atomic E-state index is -1.62. The Morgan fingerprint density at radius 1 is 0.829 bits per heavy atom. The monoisotopic (exact) mass is 560 g/mol. The first kappa shape index (κ1) is 25.1. The van der Waals surface area contributed by atoms with Crippen LogP contribution in [0.5, 0.6) is 0 Å². The summed E-state index contributed by atoms with van der Waals surface area (Å²) in [6, 6.07) is 25.0. The standard InChI is InChI=1S/C33H21ClN2O5/c34-22-14-9-20(10-15-22)28-29(30(37)21-11-16-23(17-12-21)36(40)41)35-26-8-4-1-5-19(26)13-18-27(35)33(28)31(38)24-6-2-3-7-25(24)32(33)39/h1-18,27-29H/t27-,28-,29+/m0/s1. The smallest absolute Gasteiger partial charge is 0.269 e. The highest BCUT2D eigenvalue weighted by atomic mass is 35.5. The number of hydrogen-bond acceptors (Lipinski definition) is 6. The van der Waals surface area contributed by atoms with Gasteiger partial charge in [0.25, 0.3) is 5.69 Å². The molecule has 1 aliphatic carbocycles. The molecule has 2 aliphatic heterocycles. The highest BCUT2D eigenvalue weighted by Gasteiger charge is 2.71. The second kappa shape index (κ2) is 9.08. The third-order valence-electron chi connectivity index (χ3n) is 8.57. The number of nitro benzene ring substituents is 1. The number of carbonyl (C=O) groups excluding carboxylic acids is 3. The molecule has 0 aromatic heterocycles. The third-order valence-corrected chi connectivity index (χ3v) is 8.83. The van der Waals surface area contributed by atoms with E-state index < -0.39 is 28.3 Å². The molecule has 2 heterocycles. The molecule has 4 aromatic carbocycles. The molecule has 200 valence electrons. The summed E-state index contributed by atoms with van der Waals surface area (Å²) in [5.41, 5.74) is 1.38. The number of Topliss-reactive ketones (excluding diaryl/α,β-unsaturated/α-hetero) is 3. The van der Waals surface area contributed by atoms with E-state index in [1.165, 1.54) is 24.3 Å². The Balaban J connectivity index is 1.52. The van der Waals surface area contributed by atoms with Crippen molar-refractivity contribution in [2.45, 2.75) is 18.0 Å². The van der Waals surface area contributed by atoms with E-state index in [4.69, 9.17) is 11.6 Å². The van der Waals surface area contributed by atoms with Crippen molar-refractivity contribution in [1.29, 1.82) is 0 Å². The van der Waals surface area contributed by atoms with Gasteiger partial charge in [0.2, 0.25) is 0 Å². The van der Waals surface area contributed by atoms with Crippen LogP contribution in [0.1, 0.15) is 48.1 Å². The largest absolute Gasteiger partial charge is 0.352 e. The quantitative estimate of drug-likeness (QED) is 0.121. The SMILES string of the molecule is O=C(c1ccc([N+](=O)[O-])cc1)[C@H]1[C@H](c2ccc(Cl)cc2)C2(C(=O)c3ccccc3C2=O)[C@@H]2C=Cc3ccccc3N21. The Labute approximate surface area is 239 Å². The predicted molar refractivity (Wildman–Crippen MR) is 155 cm³/mol. The van der Waals surface area contributed by atoms with Gasteiger partial charge in [-0.1, -0.05) is 78.4 Å². The van der Waals surface area contributed by atoms with Crippen LogP contribution in [0.2, 0.25) is 5.02 Å². The number of non-ortho nitro benzene ring substituents is 1. The van der Waals surface area contributed by atoms with Crippen LogP contribution in [-0.2, 0) is 0 Å².